The quantitative estimate of drug-likeness (QED) is 0.698. The third-order valence-electron chi connectivity index (χ3n) is 7.60. The highest BCUT2D eigenvalue weighted by molar-refractivity contribution is 5.78. The minimum atomic E-state index is -0.566. The third kappa shape index (κ3) is 5.81. The van der Waals surface area contributed by atoms with Gasteiger partial charge in [0, 0.05) is 30.5 Å². The fourth-order valence-corrected chi connectivity index (χ4v) is 5.61. The van der Waals surface area contributed by atoms with Crippen LogP contribution in [0.25, 0.3) is 0 Å². The second kappa shape index (κ2) is 11.2. The second-order valence-electron chi connectivity index (χ2n) is 9.65. The van der Waals surface area contributed by atoms with Crippen LogP contribution < -0.4 is 0 Å². The van der Waals surface area contributed by atoms with Gasteiger partial charge < -0.3 is 14.7 Å². The van der Waals surface area contributed by atoms with Gasteiger partial charge in [0.05, 0.1) is 6.61 Å². The molecular weight excluding hydrogens is 414 g/mol. The molecule has 6 nitrogen and oxygen atoms in total. The molecule has 3 unspecified atom stereocenters. The van der Waals surface area contributed by atoms with Crippen molar-refractivity contribution in [3.8, 4) is 0 Å². The molecule has 2 aromatic rings. The molecule has 1 N–H and O–H groups in total. The second-order valence-corrected chi connectivity index (χ2v) is 9.65. The number of fused-ring (bicyclic) bond motifs is 2. The van der Waals surface area contributed by atoms with Crippen molar-refractivity contribution in [2.75, 3.05) is 27.2 Å². The van der Waals surface area contributed by atoms with E-state index in [1.165, 1.54) is 37.8 Å². The molecule has 0 spiro atoms. The van der Waals surface area contributed by atoms with Crippen LogP contribution in [0.3, 0.4) is 0 Å². The molecule has 4 heterocycles. The number of carbonyl (C=O) groups is 1. The molecule has 2 bridgehead atoms. The summed E-state index contributed by atoms with van der Waals surface area (Å²) in [6.07, 6.45) is 10.7. The van der Waals surface area contributed by atoms with Gasteiger partial charge in [0.25, 0.3) is 0 Å². The molecule has 5 atom stereocenters. The maximum Gasteiger partial charge on any atom is 0.316 e. The van der Waals surface area contributed by atoms with E-state index in [0.717, 1.165) is 18.4 Å². The van der Waals surface area contributed by atoms with E-state index < -0.39 is 5.92 Å². The van der Waals surface area contributed by atoms with Gasteiger partial charge >= 0.3 is 5.97 Å². The van der Waals surface area contributed by atoms with Crippen LogP contribution in [0.2, 0.25) is 0 Å². The molecule has 1 aromatic heterocycles. The number of pyridine rings is 1. The summed E-state index contributed by atoms with van der Waals surface area (Å²) in [7, 11) is 4.35. The minimum Gasteiger partial charge on any atom is -0.462 e. The van der Waals surface area contributed by atoms with Crippen molar-refractivity contribution in [1.82, 2.24) is 14.8 Å². The molecule has 3 aliphatic rings. The first kappa shape index (κ1) is 23.9. The Labute approximate surface area is 197 Å². The van der Waals surface area contributed by atoms with Crippen LogP contribution in [-0.2, 0) is 9.53 Å². The van der Waals surface area contributed by atoms with Gasteiger partial charge in [-0.1, -0.05) is 36.4 Å². The van der Waals surface area contributed by atoms with Crippen molar-refractivity contribution in [2.24, 2.45) is 0 Å². The lowest BCUT2D eigenvalue weighted by atomic mass is 9.98. The maximum absolute atomic E-state index is 12.4. The highest BCUT2D eigenvalue weighted by Crippen LogP contribution is 2.36. The van der Waals surface area contributed by atoms with Crippen molar-refractivity contribution in [2.45, 2.75) is 68.7 Å². The summed E-state index contributed by atoms with van der Waals surface area (Å²) in [5.41, 5.74) is 2.18. The van der Waals surface area contributed by atoms with Crippen LogP contribution >= 0.6 is 0 Å². The smallest absolute Gasteiger partial charge is 0.316 e. The lowest BCUT2D eigenvalue weighted by molar-refractivity contribution is -0.155. The Hall–Kier alpha value is -2.28. The van der Waals surface area contributed by atoms with Crippen LogP contribution in [0.5, 0.6) is 0 Å². The molecule has 0 aliphatic carbocycles. The Bertz CT molecular complexity index is 865. The zero-order chi connectivity index (χ0) is 23.2. The van der Waals surface area contributed by atoms with Crippen LogP contribution in [0.15, 0.2) is 54.9 Å². The summed E-state index contributed by atoms with van der Waals surface area (Å²) in [5.74, 6) is -0.860. The Kier molecular flexibility index (Phi) is 8.12. The number of likely N-dealkylation sites (tertiary alicyclic amines) is 1. The van der Waals surface area contributed by atoms with Crippen molar-refractivity contribution >= 4 is 5.97 Å². The predicted octanol–water partition coefficient (Wildman–Crippen LogP) is 3.78. The molecular formula is C27H37N3O3. The minimum absolute atomic E-state index is 0.00367. The average Bonchev–Trinajstić information content (AvgIpc) is 3.34. The number of ether oxygens (including phenoxy) is 1. The topological polar surface area (TPSA) is 65.9 Å². The average molecular weight is 452 g/mol. The number of rotatable bonds is 5. The Morgan fingerprint density at radius 3 is 2.39 bits per heavy atom. The highest BCUT2D eigenvalue weighted by atomic mass is 16.5. The van der Waals surface area contributed by atoms with E-state index in [9.17, 15) is 9.90 Å². The normalized spacial score (nSPS) is 28.1. The van der Waals surface area contributed by atoms with Gasteiger partial charge in [-0.05, 0) is 76.4 Å². The summed E-state index contributed by atoms with van der Waals surface area (Å²) in [6, 6.07) is 15.3. The molecule has 178 valence electrons. The van der Waals surface area contributed by atoms with Crippen LogP contribution in [-0.4, -0.2) is 71.3 Å². The number of aromatic nitrogens is 1. The standard InChI is InChI=1S/C17H23NO3.C10H14N2/c1-18-13-7-8-14(18)10-15(9-13)21-17(20)16(11-19)12-5-3-2-4-6-12;1-12-7-3-5-10(12)9-4-2-6-11-8-9/h2-6,13-16,19H,7-11H2,1H3;2,4,6,8,10H,3,5,7H2,1H3/t13-,14+,15?,16?;. The number of hydrogen-bond donors (Lipinski definition) is 1. The van der Waals surface area contributed by atoms with Gasteiger partial charge in [0.15, 0.2) is 0 Å². The summed E-state index contributed by atoms with van der Waals surface area (Å²) in [5, 5.41) is 9.53. The van der Waals surface area contributed by atoms with Crippen LogP contribution in [0, 0.1) is 0 Å². The third-order valence-corrected chi connectivity index (χ3v) is 7.60. The van der Waals surface area contributed by atoms with E-state index in [4.69, 9.17) is 4.74 Å². The van der Waals surface area contributed by atoms with E-state index in [1.807, 2.05) is 48.8 Å². The first-order valence-corrected chi connectivity index (χ1v) is 12.2. The van der Waals surface area contributed by atoms with Crippen molar-refractivity contribution in [1.29, 1.82) is 0 Å². The number of piperidine rings is 1. The van der Waals surface area contributed by atoms with Crippen LogP contribution in [0.1, 0.15) is 61.6 Å². The first-order valence-electron chi connectivity index (χ1n) is 12.2. The van der Waals surface area contributed by atoms with E-state index in [1.54, 1.807) is 0 Å². The Balaban J connectivity index is 0.000000183. The van der Waals surface area contributed by atoms with E-state index in [-0.39, 0.29) is 18.7 Å². The van der Waals surface area contributed by atoms with Crippen molar-refractivity contribution < 1.29 is 14.6 Å². The van der Waals surface area contributed by atoms with Gasteiger partial charge in [0.2, 0.25) is 0 Å². The zero-order valence-electron chi connectivity index (χ0n) is 19.8. The summed E-state index contributed by atoms with van der Waals surface area (Å²) >= 11 is 0. The molecule has 6 heteroatoms. The lowest BCUT2D eigenvalue weighted by Crippen LogP contribution is -2.43. The van der Waals surface area contributed by atoms with Gasteiger partial charge in [-0.15, -0.1) is 0 Å². The molecule has 0 saturated carbocycles. The highest BCUT2D eigenvalue weighted by Gasteiger charge is 2.40. The molecule has 3 fully saturated rings. The van der Waals surface area contributed by atoms with Crippen LogP contribution in [0.4, 0.5) is 0 Å². The number of benzene rings is 1. The molecule has 1 aromatic carbocycles. The van der Waals surface area contributed by atoms with Gasteiger partial charge in [0.1, 0.15) is 12.0 Å². The Morgan fingerprint density at radius 1 is 1.09 bits per heavy atom. The number of esters is 1. The summed E-state index contributed by atoms with van der Waals surface area (Å²) in [6.45, 7) is 1.02. The predicted molar refractivity (Wildman–Crippen MR) is 129 cm³/mol. The number of carbonyl (C=O) groups excluding carboxylic acids is 1. The number of nitrogens with zero attached hydrogens (tertiary/aromatic N) is 3. The van der Waals surface area contributed by atoms with Gasteiger partial charge in [-0.3, -0.25) is 14.7 Å². The van der Waals surface area contributed by atoms with Gasteiger partial charge in [-0.25, -0.2) is 0 Å². The maximum atomic E-state index is 12.4. The zero-order valence-corrected chi connectivity index (χ0v) is 19.8. The molecule has 5 rings (SSSR count). The van der Waals surface area contributed by atoms with Gasteiger partial charge in [-0.2, -0.15) is 0 Å². The monoisotopic (exact) mass is 451 g/mol. The summed E-state index contributed by atoms with van der Waals surface area (Å²) < 4.78 is 5.70. The molecule has 3 saturated heterocycles. The fraction of sp³-hybridized carbons (Fsp3) is 0.556. The molecule has 33 heavy (non-hydrogen) atoms. The fourth-order valence-electron chi connectivity index (χ4n) is 5.61. The molecule has 0 amide bonds. The van der Waals surface area contributed by atoms with E-state index >= 15 is 0 Å². The molecule has 3 aliphatic heterocycles. The van der Waals surface area contributed by atoms with E-state index in [2.05, 4.69) is 34.9 Å². The van der Waals surface area contributed by atoms with Crippen molar-refractivity contribution in [3.05, 3.63) is 66.0 Å². The molecule has 0 radical (unpaired) electrons. The largest absolute Gasteiger partial charge is 0.462 e. The van der Waals surface area contributed by atoms with Crippen molar-refractivity contribution in [3.63, 3.8) is 0 Å². The summed E-state index contributed by atoms with van der Waals surface area (Å²) in [4.78, 5) is 21.3. The number of aliphatic hydroxyl groups excluding tert-OH is 1. The number of hydrogen-bond acceptors (Lipinski definition) is 6. The Morgan fingerprint density at radius 2 is 1.82 bits per heavy atom. The lowest BCUT2D eigenvalue weighted by Gasteiger charge is -2.36. The van der Waals surface area contributed by atoms with E-state index in [0.29, 0.717) is 18.1 Å². The SMILES string of the molecule is CN1CCCC1c1cccnc1.CN1[C@@H]2CC[C@H]1CC(OC(=O)C(CO)c1ccccc1)C2. The first-order chi connectivity index (χ1) is 16.1. The number of aliphatic hydroxyl groups is 1.